The van der Waals surface area contributed by atoms with Gasteiger partial charge in [0, 0.05) is 17.0 Å². The zero-order valence-corrected chi connectivity index (χ0v) is 11.5. The van der Waals surface area contributed by atoms with Crippen LogP contribution in [-0.2, 0) is 0 Å². The predicted octanol–water partition coefficient (Wildman–Crippen LogP) is 2.79. The van der Waals surface area contributed by atoms with Gasteiger partial charge in [-0.15, -0.1) is 11.3 Å². The second kappa shape index (κ2) is 5.94. The van der Waals surface area contributed by atoms with Crippen molar-refractivity contribution in [1.82, 2.24) is 9.88 Å². The Hall–Kier alpha value is -0.450. The van der Waals surface area contributed by atoms with Crippen LogP contribution in [0.2, 0.25) is 0 Å². The van der Waals surface area contributed by atoms with Crippen LogP contribution < -0.4 is 0 Å². The Morgan fingerprint density at radius 3 is 3.12 bits per heavy atom. The van der Waals surface area contributed by atoms with Crippen LogP contribution in [-0.4, -0.2) is 34.7 Å². The standard InChI is InChI=1S/C13H22N2OS/c1-3-15-7-5-4-6-11(15)13-14-8-12(17-13)10(2)9-16/h8,10-11,16H,3-7,9H2,1-2H3. The first-order valence-electron chi connectivity index (χ1n) is 6.56. The molecule has 1 aromatic heterocycles. The summed E-state index contributed by atoms with van der Waals surface area (Å²) in [5, 5.41) is 10.4. The minimum Gasteiger partial charge on any atom is -0.396 e. The van der Waals surface area contributed by atoms with E-state index in [0.29, 0.717) is 6.04 Å². The summed E-state index contributed by atoms with van der Waals surface area (Å²) in [6.45, 7) is 6.80. The van der Waals surface area contributed by atoms with Gasteiger partial charge in [-0.3, -0.25) is 4.90 Å². The van der Waals surface area contributed by atoms with Crippen LogP contribution in [0.25, 0.3) is 0 Å². The summed E-state index contributed by atoms with van der Waals surface area (Å²) in [7, 11) is 0. The van der Waals surface area contributed by atoms with Gasteiger partial charge in [0.15, 0.2) is 0 Å². The first-order valence-corrected chi connectivity index (χ1v) is 7.38. The summed E-state index contributed by atoms with van der Waals surface area (Å²) >= 11 is 1.78. The molecule has 2 atom stereocenters. The summed E-state index contributed by atoms with van der Waals surface area (Å²) in [6, 6.07) is 0.512. The monoisotopic (exact) mass is 254 g/mol. The maximum absolute atomic E-state index is 9.17. The fraction of sp³-hybridized carbons (Fsp3) is 0.769. The van der Waals surface area contributed by atoms with Crippen LogP contribution in [0.3, 0.4) is 0 Å². The van der Waals surface area contributed by atoms with Crippen LogP contribution in [0.1, 0.15) is 55.0 Å². The molecule has 1 aliphatic rings. The molecule has 2 rings (SSSR count). The predicted molar refractivity (Wildman–Crippen MR) is 71.5 cm³/mol. The summed E-state index contributed by atoms with van der Waals surface area (Å²) < 4.78 is 0. The van der Waals surface area contributed by atoms with E-state index >= 15 is 0 Å². The third kappa shape index (κ3) is 2.87. The molecule has 0 saturated carbocycles. The minimum absolute atomic E-state index is 0.212. The third-order valence-electron chi connectivity index (χ3n) is 3.61. The van der Waals surface area contributed by atoms with E-state index in [2.05, 4.69) is 23.7 Å². The van der Waals surface area contributed by atoms with Gasteiger partial charge in [0.25, 0.3) is 0 Å². The molecule has 0 bridgehead atoms. The lowest BCUT2D eigenvalue weighted by atomic mass is 10.0. The number of thiazole rings is 1. The fourth-order valence-electron chi connectivity index (χ4n) is 2.42. The van der Waals surface area contributed by atoms with Crippen molar-refractivity contribution in [2.75, 3.05) is 19.7 Å². The van der Waals surface area contributed by atoms with Crippen LogP contribution >= 0.6 is 11.3 Å². The van der Waals surface area contributed by atoms with Crippen LogP contribution in [0.4, 0.5) is 0 Å². The Balaban J connectivity index is 2.12. The largest absolute Gasteiger partial charge is 0.396 e. The van der Waals surface area contributed by atoms with Crippen molar-refractivity contribution in [1.29, 1.82) is 0 Å². The van der Waals surface area contributed by atoms with Gasteiger partial charge in [-0.05, 0) is 25.9 Å². The number of likely N-dealkylation sites (tertiary alicyclic amines) is 1. The second-order valence-corrected chi connectivity index (χ2v) is 5.92. The van der Waals surface area contributed by atoms with Crippen molar-refractivity contribution in [3.05, 3.63) is 16.1 Å². The van der Waals surface area contributed by atoms with E-state index in [1.165, 1.54) is 35.7 Å². The van der Waals surface area contributed by atoms with Gasteiger partial charge in [0.2, 0.25) is 0 Å². The Morgan fingerprint density at radius 2 is 2.41 bits per heavy atom. The van der Waals surface area contributed by atoms with Crippen molar-refractivity contribution in [2.24, 2.45) is 0 Å². The van der Waals surface area contributed by atoms with Crippen LogP contribution in [0.15, 0.2) is 6.20 Å². The molecule has 1 N–H and O–H groups in total. The van der Waals surface area contributed by atoms with E-state index in [1.807, 2.05) is 6.20 Å². The molecular formula is C13H22N2OS. The molecule has 0 amide bonds. The zero-order chi connectivity index (χ0) is 12.3. The summed E-state index contributed by atoms with van der Waals surface area (Å²) in [5.41, 5.74) is 0. The molecule has 96 valence electrons. The maximum atomic E-state index is 9.17. The topological polar surface area (TPSA) is 36.4 Å². The maximum Gasteiger partial charge on any atom is 0.110 e. The molecule has 17 heavy (non-hydrogen) atoms. The van der Waals surface area contributed by atoms with Crippen LogP contribution in [0, 0.1) is 0 Å². The highest BCUT2D eigenvalue weighted by molar-refractivity contribution is 7.11. The van der Waals surface area contributed by atoms with Crippen molar-refractivity contribution in [2.45, 2.75) is 45.1 Å². The molecule has 1 aromatic rings. The summed E-state index contributed by atoms with van der Waals surface area (Å²) in [6.07, 6.45) is 5.80. The molecular weight excluding hydrogens is 232 g/mol. The molecule has 0 aromatic carbocycles. The van der Waals surface area contributed by atoms with Gasteiger partial charge in [0.05, 0.1) is 12.6 Å². The first-order chi connectivity index (χ1) is 8.26. The Bertz CT molecular complexity index is 353. The lowest BCUT2D eigenvalue weighted by molar-refractivity contribution is 0.157. The van der Waals surface area contributed by atoms with Crippen molar-refractivity contribution in [3.8, 4) is 0 Å². The molecule has 1 fully saturated rings. The smallest absolute Gasteiger partial charge is 0.110 e. The molecule has 2 unspecified atom stereocenters. The first kappa shape index (κ1) is 13.0. The van der Waals surface area contributed by atoms with Gasteiger partial charge in [0.1, 0.15) is 5.01 Å². The number of piperidine rings is 1. The van der Waals surface area contributed by atoms with Crippen molar-refractivity contribution >= 4 is 11.3 Å². The van der Waals surface area contributed by atoms with Gasteiger partial charge < -0.3 is 5.11 Å². The number of hydrogen-bond acceptors (Lipinski definition) is 4. The van der Waals surface area contributed by atoms with Gasteiger partial charge in [-0.2, -0.15) is 0 Å². The molecule has 1 aliphatic heterocycles. The average molecular weight is 254 g/mol. The molecule has 0 radical (unpaired) electrons. The lowest BCUT2D eigenvalue weighted by Crippen LogP contribution is -2.32. The van der Waals surface area contributed by atoms with Crippen molar-refractivity contribution in [3.63, 3.8) is 0 Å². The number of rotatable bonds is 4. The van der Waals surface area contributed by atoms with E-state index in [4.69, 9.17) is 0 Å². The Kier molecular flexibility index (Phi) is 4.54. The van der Waals surface area contributed by atoms with Crippen molar-refractivity contribution < 1.29 is 5.11 Å². The Morgan fingerprint density at radius 1 is 1.59 bits per heavy atom. The summed E-state index contributed by atoms with van der Waals surface area (Å²) in [4.78, 5) is 8.31. The number of hydrogen-bond donors (Lipinski definition) is 1. The van der Waals surface area contributed by atoms with Gasteiger partial charge >= 0.3 is 0 Å². The van der Waals surface area contributed by atoms with E-state index in [0.717, 1.165) is 6.54 Å². The second-order valence-electron chi connectivity index (χ2n) is 4.82. The summed E-state index contributed by atoms with van der Waals surface area (Å²) in [5.74, 6) is 0.222. The normalized spacial score (nSPS) is 23.8. The number of aliphatic hydroxyl groups is 1. The lowest BCUT2D eigenvalue weighted by Gasteiger charge is -2.33. The average Bonchev–Trinajstić information content (AvgIpc) is 2.87. The van der Waals surface area contributed by atoms with Gasteiger partial charge in [-0.25, -0.2) is 4.98 Å². The fourth-order valence-corrected chi connectivity index (χ4v) is 3.55. The molecule has 3 nitrogen and oxygen atoms in total. The van der Waals surface area contributed by atoms with E-state index in [1.54, 1.807) is 11.3 Å². The quantitative estimate of drug-likeness (QED) is 0.897. The highest BCUT2D eigenvalue weighted by Gasteiger charge is 2.25. The van der Waals surface area contributed by atoms with E-state index in [9.17, 15) is 5.11 Å². The highest BCUT2D eigenvalue weighted by Crippen LogP contribution is 2.34. The minimum atomic E-state index is 0.212. The molecule has 2 heterocycles. The SMILES string of the molecule is CCN1CCCCC1c1ncc(C(C)CO)s1. The van der Waals surface area contributed by atoms with E-state index in [-0.39, 0.29) is 12.5 Å². The third-order valence-corrected chi connectivity index (χ3v) is 4.94. The van der Waals surface area contributed by atoms with Gasteiger partial charge in [-0.1, -0.05) is 20.3 Å². The zero-order valence-electron chi connectivity index (χ0n) is 10.7. The highest BCUT2D eigenvalue weighted by atomic mass is 32.1. The molecule has 1 saturated heterocycles. The molecule has 0 spiro atoms. The molecule has 4 heteroatoms. The number of aliphatic hydroxyl groups excluding tert-OH is 1. The number of nitrogens with zero attached hydrogens (tertiary/aromatic N) is 2. The molecule has 0 aliphatic carbocycles. The number of aromatic nitrogens is 1. The van der Waals surface area contributed by atoms with E-state index < -0.39 is 0 Å². The Labute approximate surface area is 107 Å². The van der Waals surface area contributed by atoms with Crippen LogP contribution in [0.5, 0.6) is 0 Å².